The second-order valence-electron chi connectivity index (χ2n) is 4.65. The van der Waals surface area contributed by atoms with E-state index in [1.54, 1.807) is 0 Å². The molecule has 0 N–H and O–H groups in total. The van der Waals surface area contributed by atoms with Crippen LogP contribution in [0.1, 0.15) is 28.0 Å². The van der Waals surface area contributed by atoms with Crippen molar-refractivity contribution in [2.24, 2.45) is 7.05 Å². The molecule has 94 valence electrons. The van der Waals surface area contributed by atoms with E-state index in [2.05, 4.69) is 20.5 Å². The van der Waals surface area contributed by atoms with Crippen LogP contribution in [0.25, 0.3) is 10.9 Å². The summed E-state index contributed by atoms with van der Waals surface area (Å²) in [6, 6.07) is 3.76. The molecule has 0 atom stereocenters. The molecule has 3 nitrogen and oxygen atoms in total. The first-order valence-corrected chi connectivity index (χ1v) is 6.81. The molecule has 0 saturated heterocycles. The summed E-state index contributed by atoms with van der Waals surface area (Å²) in [6.45, 7) is 0. The number of fused-ring (bicyclic) bond motifs is 3. The molecule has 1 aromatic carbocycles. The minimum absolute atomic E-state index is 0.272. The fourth-order valence-electron chi connectivity index (χ4n) is 2.98. The summed E-state index contributed by atoms with van der Waals surface area (Å²) < 4.78 is 8.08. The number of benzene rings is 1. The maximum Gasteiger partial charge on any atom is 0.340 e. The topological polar surface area (TPSA) is 31.2 Å². The highest BCUT2D eigenvalue weighted by atomic mass is 79.9. The molecule has 0 fully saturated rings. The van der Waals surface area contributed by atoms with Crippen LogP contribution in [-0.2, 0) is 24.6 Å². The van der Waals surface area contributed by atoms with Crippen LogP contribution in [-0.4, -0.2) is 17.6 Å². The number of carbonyl (C=O) groups is 1. The maximum atomic E-state index is 11.9. The van der Waals surface area contributed by atoms with Crippen molar-refractivity contribution in [1.82, 2.24) is 4.57 Å². The third kappa shape index (κ3) is 1.45. The van der Waals surface area contributed by atoms with Gasteiger partial charge in [0.25, 0.3) is 0 Å². The van der Waals surface area contributed by atoms with Gasteiger partial charge in [-0.05, 0) is 37.0 Å². The van der Waals surface area contributed by atoms with Crippen LogP contribution < -0.4 is 0 Å². The lowest BCUT2D eigenvalue weighted by Crippen LogP contribution is -2.05. The monoisotopic (exact) mass is 307 g/mol. The number of esters is 1. The lowest BCUT2D eigenvalue weighted by atomic mass is 10.1. The molecule has 0 aliphatic heterocycles. The predicted octanol–water partition coefficient (Wildman–Crippen LogP) is 3.22. The predicted molar refractivity (Wildman–Crippen MR) is 74.0 cm³/mol. The summed E-state index contributed by atoms with van der Waals surface area (Å²) in [5.74, 6) is -0.272. The van der Waals surface area contributed by atoms with E-state index in [0.29, 0.717) is 5.56 Å². The molecule has 1 aliphatic rings. The molecule has 1 aliphatic carbocycles. The molecule has 1 aromatic heterocycles. The first-order chi connectivity index (χ1) is 8.65. The second-order valence-corrected chi connectivity index (χ2v) is 5.50. The molecule has 0 radical (unpaired) electrons. The van der Waals surface area contributed by atoms with Gasteiger partial charge in [0.05, 0.1) is 18.2 Å². The van der Waals surface area contributed by atoms with E-state index in [4.69, 9.17) is 4.74 Å². The highest BCUT2D eigenvalue weighted by molar-refractivity contribution is 9.10. The van der Waals surface area contributed by atoms with E-state index in [1.165, 1.54) is 30.2 Å². The zero-order chi connectivity index (χ0) is 12.9. The lowest BCUT2D eigenvalue weighted by molar-refractivity contribution is 0.0602. The van der Waals surface area contributed by atoms with Crippen LogP contribution in [0.4, 0.5) is 0 Å². The van der Waals surface area contributed by atoms with Crippen molar-refractivity contribution in [2.45, 2.75) is 19.3 Å². The van der Waals surface area contributed by atoms with Gasteiger partial charge in [0.1, 0.15) is 0 Å². The Kier molecular flexibility index (Phi) is 2.70. The molecule has 0 amide bonds. The molecule has 2 aromatic rings. The van der Waals surface area contributed by atoms with Crippen molar-refractivity contribution in [3.8, 4) is 0 Å². The fourth-order valence-corrected chi connectivity index (χ4v) is 3.54. The number of aromatic nitrogens is 1. The van der Waals surface area contributed by atoms with Crippen LogP contribution >= 0.6 is 15.9 Å². The van der Waals surface area contributed by atoms with Crippen molar-refractivity contribution in [1.29, 1.82) is 0 Å². The van der Waals surface area contributed by atoms with Crippen LogP contribution in [0.3, 0.4) is 0 Å². The van der Waals surface area contributed by atoms with Gasteiger partial charge in [-0.1, -0.05) is 15.9 Å². The number of methoxy groups -OCH3 is 1. The third-order valence-corrected chi connectivity index (χ3v) is 4.42. The zero-order valence-corrected chi connectivity index (χ0v) is 12.0. The maximum absolute atomic E-state index is 11.9. The number of hydrogen-bond acceptors (Lipinski definition) is 2. The van der Waals surface area contributed by atoms with E-state index in [-0.39, 0.29) is 5.97 Å². The summed E-state index contributed by atoms with van der Waals surface area (Å²) in [7, 11) is 3.46. The van der Waals surface area contributed by atoms with Gasteiger partial charge < -0.3 is 9.30 Å². The quantitative estimate of drug-likeness (QED) is 0.758. The number of hydrogen-bond donors (Lipinski definition) is 0. The van der Waals surface area contributed by atoms with Crippen molar-refractivity contribution in [3.63, 3.8) is 0 Å². The molecule has 0 spiro atoms. The van der Waals surface area contributed by atoms with Crippen molar-refractivity contribution >= 4 is 32.8 Å². The third-order valence-electron chi connectivity index (χ3n) is 3.76. The van der Waals surface area contributed by atoms with Crippen molar-refractivity contribution in [2.75, 3.05) is 7.11 Å². The van der Waals surface area contributed by atoms with Gasteiger partial charge in [-0.2, -0.15) is 0 Å². The minimum Gasteiger partial charge on any atom is -0.465 e. The minimum atomic E-state index is -0.272. The van der Waals surface area contributed by atoms with Gasteiger partial charge in [0.2, 0.25) is 0 Å². The molecule has 0 saturated carbocycles. The van der Waals surface area contributed by atoms with E-state index < -0.39 is 0 Å². The van der Waals surface area contributed by atoms with Crippen LogP contribution in [0.5, 0.6) is 0 Å². The first kappa shape index (κ1) is 11.8. The van der Waals surface area contributed by atoms with Gasteiger partial charge in [0.15, 0.2) is 0 Å². The fraction of sp³-hybridized carbons (Fsp3) is 0.357. The Bertz CT molecular complexity index is 658. The average Bonchev–Trinajstić information content (AvgIpc) is 2.93. The van der Waals surface area contributed by atoms with Crippen molar-refractivity contribution in [3.05, 3.63) is 33.4 Å². The molecule has 18 heavy (non-hydrogen) atoms. The number of nitrogens with zero attached hydrogens (tertiary/aromatic N) is 1. The van der Waals surface area contributed by atoms with Gasteiger partial charge in [-0.3, -0.25) is 0 Å². The Morgan fingerprint density at radius 3 is 2.89 bits per heavy atom. The van der Waals surface area contributed by atoms with E-state index in [9.17, 15) is 4.79 Å². The van der Waals surface area contributed by atoms with Crippen molar-refractivity contribution < 1.29 is 9.53 Å². The smallest absolute Gasteiger partial charge is 0.340 e. The molecule has 0 unspecified atom stereocenters. The first-order valence-electron chi connectivity index (χ1n) is 6.02. The number of aryl methyl sites for hydroxylation is 2. The molecular formula is C14H14BrNO2. The molecular weight excluding hydrogens is 294 g/mol. The van der Waals surface area contributed by atoms with Crippen LogP contribution in [0.2, 0.25) is 0 Å². The number of halogens is 1. The van der Waals surface area contributed by atoms with E-state index in [1.807, 2.05) is 19.2 Å². The average molecular weight is 308 g/mol. The normalized spacial score (nSPS) is 13.9. The zero-order valence-electron chi connectivity index (χ0n) is 10.4. The number of carbonyl (C=O) groups excluding carboxylic acids is 1. The highest BCUT2D eigenvalue weighted by Gasteiger charge is 2.25. The largest absolute Gasteiger partial charge is 0.465 e. The van der Waals surface area contributed by atoms with Gasteiger partial charge in [-0.15, -0.1) is 0 Å². The van der Waals surface area contributed by atoms with Gasteiger partial charge in [0, 0.05) is 22.6 Å². The second kappa shape index (κ2) is 4.12. The molecule has 4 heteroatoms. The SMILES string of the molecule is COC(=O)c1ccc(Br)c2c3c(n(C)c12)CCC3. The van der Waals surface area contributed by atoms with E-state index >= 15 is 0 Å². The highest BCUT2D eigenvalue weighted by Crippen LogP contribution is 2.38. The van der Waals surface area contributed by atoms with Gasteiger partial charge >= 0.3 is 5.97 Å². The van der Waals surface area contributed by atoms with Gasteiger partial charge in [-0.25, -0.2) is 4.79 Å². The summed E-state index contributed by atoms with van der Waals surface area (Å²) in [4.78, 5) is 11.9. The molecule has 0 bridgehead atoms. The summed E-state index contributed by atoms with van der Waals surface area (Å²) >= 11 is 3.60. The molecule has 1 heterocycles. The summed E-state index contributed by atoms with van der Waals surface area (Å²) in [6.07, 6.45) is 3.38. The Balaban J connectivity index is 2.42. The van der Waals surface area contributed by atoms with E-state index in [0.717, 1.165) is 22.8 Å². The molecule has 3 rings (SSSR count). The van der Waals surface area contributed by atoms with Crippen LogP contribution in [0, 0.1) is 0 Å². The summed E-state index contributed by atoms with van der Waals surface area (Å²) in [5.41, 5.74) is 4.36. The number of rotatable bonds is 1. The lowest BCUT2D eigenvalue weighted by Gasteiger charge is -2.07. The Morgan fingerprint density at radius 1 is 1.39 bits per heavy atom. The Labute approximate surface area is 114 Å². The Morgan fingerprint density at radius 2 is 2.17 bits per heavy atom. The standard InChI is InChI=1S/C14H14BrNO2/c1-16-11-5-3-4-8(11)12-10(15)7-6-9(13(12)16)14(17)18-2/h6-7H,3-5H2,1-2H3. The summed E-state index contributed by atoms with van der Waals surface area (Å²) in [5, 5.41) is 1.17. The number of ether oxygens (including phenoxy) is 1. The Hall–Kier alpha value is -1.29. The van der Waals surface area contributed by atoms with Crippen LogP contribution in [0.15, 0.2) is 16.6 Å².